The van der Waals surface area contributed by atoms with Gasteiger partial charge in [0.2, 0.25) is 0 Å². The highest BCUT2D eigenvalue weighted by Gasteiger charge is 2.59. The summed E-state index contributed by atoms with van der Waals surface area (Å²) < 4.78 is 0. The van der Waals surface area contributed by atoms with Gasteiger partial charge in [-0.15, -0.1) is 5.92 Å². The fraction of sp³-hybridized carbons (Fsp3) is 0.762. The lowest BCUT2D eigenvalue weighted by molar-refractivity contribution is -0.117. The maximum Gasteiger partial charge on any atom is 0.155 e. The zero-order valence-corrected chi connectivity index (χ0v) is 14.4. The quantitative estimate of drug-likeness (QED) is 0.689. The van der Waals surface area contributed by atoms with Crippen molar-refractivity contribution in [3.8, 4) is 11.8 Å². The normalized spacial score (nSPS) is 48.5. The molecule has 0 radical (unpaired) electrons. The fourth-order valence-electron chi connectivity index (χ4n) is 6.65. The highest BCUT2D eigenvalue weighted by Crippen LogP contribution is 2.65. The van der Waals surface area contributed by atoms with Gasteiger partial charge >= 0.3 is 0 Å². The largest absolute Gasteiger partial charge is 0.393 e. The van der Waals surface area contributed by atoms with Crippen LogP contribution in [-0.4, -0.2) is 17.0 Å². The maximum atomic E-state index is 11.9. The van der Waals surface area contributed by atoms with Crippen molar-refractivity contribution in [1.82, 2.24) is 0 Å². The van der Waals surface area contributed by atoms with Gasteiger partial charge in [0, 0.05) is 6.42 Å². The molecule has 124 valence electrons. The van der Waals surface area contributed by atoms with Crippen LogP contribution >= 0.6 is 0 Å². The first-order chi connectivity index (χ1) is 11.0. The molecule has 3 fully saturated rings. The zero-order chi connectivity index (χ0) is 16.2. The molecule has 0 aromatic rings. The number of hydrogen-bond donors (Lipinski definition) is 1. The molecular formula is C21H28O2. The molecule has 0 bridgehead atoms. The average Bonchev–Trinajstić information content (AvgIpc) is 2.84. The molecule has 0 spiro atoms. The molecule has 0 amide bonds. The minimum Gasteiger partial charge on any atom is -0.393 e. The van der Waals surface area contributed by atoms with Crippen LogP contribution in [0.4, 0.5) is 0 Å². The van der Waals surface area contributed by atoms with Crippen molar-refractivity contribution in [1.29, 1.82) is 0 Å². The minimum atomic E-state index is -0.119. The van der Waals surface area contributed by atoms with Crippen LogP contribution in [-0.2, 0) is 4.79 Å². The molecule has 0 aliphatic heterocycles. The maximum absolute atomic E-state index is 11.9. The summed E-state index contributed by atoms with van der Waals surface area (Å²) >= 11 is 0. The molecule has 0 saturated heterocycles. The molecule has 0 aromatic carbocycles. The third kappa shape index (κ3) is 2.02. The first-order valence-electron chi connectivity index (χ1n) is 9.37. The average molecular weight is 312 g/mol. The molecule has 0 aromatic heterocycles. The first-order valence-corrected chi connectivity index (χ1v) is 9.37. The van der Waals surface area contributed by atoms with Crippen molar-refractivity contribution in [2.24, 2.45) is 28.6 Å². The Morgan fingerprint density at radius 3 is 2.74 bits per heavy atom. The van der Waals surface area contributed by atoms with Gasteiger partial charge in [-0.3, -0.25) is 4.79 Å². The molecule has 4 aliphatic carbocycles. The highest BCUT2D eigenvalue weighted by atomic mass is 16.3. The Hall–Kier alpha value is -1.07. The van der Waals surface area contributed by atoms with Gasteiger partial charge in [-0.25, -0.2) is 0 Å². The number of hydrogen-bond acceptors (Lipinski definition) is 2. The van der Waals surface area contributed by atoms with Gasteiger partial charge in [0.15, 0.2) is 5.78 Å². The standard InChI is InChI=1S/C21H28O2/c1-3-10-21-12-8-15(22)13-14(21)4-5-16-17-6-7-19(23)20(17,2)11-9-18(16)21/h13,16-19,23H,4-9,11-12H2,1-2H3/t16-,17-,18-,19-,20-,21-/m0/s1. The van der Waals surface area contributed by atoms with Crippen LogP contribution in [0.25, 0.3) is 0 Å². The van der Waals surface area contributed by atoms with Crippen LogP contribution in [0.5, 0.6) is 0 Å². The van der Waals surface area contributed by atoms with Crippen LogP contribution in [0.1, 0.15) is 65.2 Å². The summed E-state index contributed by atoms with van der Waals surface area (Å²) in [5.74, 6) is 9.00. The van der Waals surface area contributed by atoms with Gasteiger partial charge in [0.05, 0.1) is 11.5 Å². The van der Waals surface area contributed by atoms with Crippen LogP contribution < -0.4 is 0 Å². The molecular weight excluding hydrogens is 284 g/mol. The van der Waals surface area contributed by atoms with Crippen molar-refractivity contribution in [3.05, 3.63) is 11.6 Å². The molecule has 3 saturated carbocycles. The number of carbonyl (C=O) groups excluding carboxylic acids is 1. The van der Waals surface area contributed by atoms with Crippen LogP contribution in [0.15, 0.2) is 11.6 Å². The van der Waals surface area contributed by atoms with E-state index in [1.807, 2.05) is 13.0 Å². The summed E-state index contributed by atoms with van der Waals surface area (Å²) in [5, 5.41) is 10.5. The summed E-state index contributed by atoms with van der Waals surface area (Å²) in [4.78, 5) is 11.9. The van der Waals surface area contributed by atoms with Crippen molar-refractivity contribution < 1.29 is 9.90 Å². The van der Waals surface area contributed by atoms with Crippen molar-refractivity contribution in [2.45, 2.75) is 71.3 Å². The Labute approximate surface area is 139 Å². The van der Waals surface area contributed by atoms with Gasteiger partial charge in [-0.2, -0.15) is 0 Å². The van der Waals surface area contributed by atoms with Crippen LogP contribution in [0.3, 0.4) is 0 Å². The van der Waals surface area contributed by atoms with E-state index in [0.29, 0.717) is 30.0 Å². The van der Waals surface area contributed by atoms with Gasteiger partial charge < -0.3 is 5.11 Å². The monoisotopic (exact) mass is 312 g/mol. The van der Waals surface area contributed by atoms with Crippen molar-refractivity contribution in [3.63, 3.8) is 0 Å². The van der Waals surface area contributed by atoms with Crippen LogP contribution in [0.2, 0.25) is 0 Å². The molecule has 2 nitrogen and oxygen atoms in total. The lowest BCUT2D eigenvalue weighted by Gasteiger charge is -2.57. The number of carbonyl (C=O) groups is 1. The van der Waals surface area contributed by atoms with E-state index >= 15 is 0 Å². The van der Waals surface area contributed by atoms with Gasteiger partial charge in [-0.1, -0.05) is 12.8 Å². The number of ketones is 1. The molecule has 23 heavy (non-hydrogen) atoms. The van der Waals surface area contributed by atoms with Crippen molar-refractivity contribution >= 4 is 5.78 Å². The molecule has 0 heterocycles. The summed E-state index contributed by atoms with van der Waals surface area (Å²) in [6.45, 7) is 4.26. The van der Waals surface area contributed by atoms with Crippen molar-refractivity contribution in [2.75, 3.05) is 0 Å². The molecule has 6 atom stereocenters. The predicted octanol–water partition coefficient (Wildman–Crippen LogP) is 3.88. The Kier molecular flexibility index (Phi) is 3.50. The summed E-state index contributed by atoms with van der Waals surface area (Å²) in [6, 6.07) is 0. The number of rotatable bonds is 0. The lowest BCUT2D eigenvalue weighted by Crippen LogP contribution is -2.51. The minimum absolute atomic E-state index is 0.0412. The third-order valence-electron chi connectivity index (χ3n) is 7.79. The van der Waals surface area contributed by atoms with E-state index in [0.717, 1.165) is 32.1 Å². The number of aliphatic hydroxyl groups is 1. The fourth-order valence-corrected chi connectivity index (χ4v) is 6.65. The number of allylic oxidation sites excluding steroid dienone is 1. The first kappa shape index (κ1) is 15.5. The Morgan fingerprint density at radius 1 is 1.13 bits per heavy atom. The van der Waals surface area contributed by atoms with Gasteiger partial charge in [-0.05, 0) is 86.7 Å². The molecule has 0 unspecified atom stereocenters. The second kappa shape index (κ2) is 5.21. The van der Waals surface area contributed by atoms with Crippen LogP contribution in [0, 0.1) is 40.4 Å². The van der Waals surface area contributed by atoms with E-state index in [4.69, 9.17) is 0 Å². The van der Waals surface area contributed by atoms with E-state index in [1.165, 1.54) is 18.4 Å². The van der Waals surface area contributed by atoms with E-state index < -0.39 is 0 Å². The van der Waals surface area contributed by atoms with E-state index in [9.17, 15) is 9.90 Å². The summed E-state index contributed by atoms with van der Waals surface area (Å²) in [5.41, 5.74) is 1.40. The smallest absolute Gasteiger partial charge is 0.155 e. The molecule has 1 N–H and O–H groups in total. The van der Waals surface area contributed by atoms with E-state index in [-0.39, 0.29) is 16.9 Å². The lowest BCUT2D eigenvalue weighted by atomic mass is 9.47. The van der Waals surface area contributed by atoms with E-state index in [1.54, 1.807) is 0 Å². The van der Waals surface area contributed by atoms with E-state index in [2.05, 4.69) is 18.8 Å². The van der Waals surface area contributed by atoms with Gasteiger partial charge in [0.25, 0.3) is 0 Å². The Morgan fingerprint density at radius 2 is 1.96 bits per heavy atom. The third-order valence-corrected chi connectivity index (χ3v) is 7.79. The molecule has 2 heteroatoms. The zero-order valence-electron chi connectivity index (χ0n) is 14.4. The molecule has 4 rings (SSSR count). The second-order valence-electron chi connectivity index (χ2n) is 8.54. The Balaban J connectivity index is 1.75. The SMILES string of the molecule is CC#C[C@]12CCC(=O)C=C1CC[C@H]1[C@@H]3CC[C@H](O)[C@@]3(C)CC[C@@H]12. The van der Waals surface area contributed by atoms with Gasteiger partial charge in [0.1, 0.15) is 0 Å². The highest BCUT2D eigenvalue weighted by molar-refractivity contribution is 5.92. The predicted molar refractivity (Wildman–Crippen MR) is 90.5 cm³/mol. The second-order valence-corrected chi connectivity index (χ2v) is 8.54. The number of fused-ring (bicyclic) bond motifs is 5. The Bertz CT molecular complexity index is 621. The number of aliphatic hydroxyl groups excluding tert-OH is 1. The summed E-state index contributed by atoms with van der Waals surface area (Å²) in [7, 11) is 0. The summed E-state index contributed by atoms with van der Waals surface area (Å²) in [6.07, 6.45) is 10.0. The topological polar surface area (TPSA) is 37.3 Å². The molecule has 4 aliphatic rings.